The highest BCUT2D eigenvalue weighted by Gasteiger charge is 2.33. The van der Waals surface area contributed by atoms with Gasteiger partial charge in [-0.15, -0.1) is 0 Å². The Morgan fingerprint density at radius 2 is 1.87 bits per heavy atom. The van der Waals surface area contributed by atoms with Crippen LogP contribution in [0, 0.1) is 5.92 Å². The van der Waals surface area contributed by atoms with Crippen molar-refractivity contribution >= 4 is 5.84 Å². The normalized spacial score (nSPS) is 25.6. The molecule has 1 aliphatic heterocycles. The summed E-state index contributed by atoms with van der Waals surface area (Å²) in [5.74, 6) is 12.8. The maximum Gasteiger partial charge on any atom is 0.141 e. The zero-order chi connectivity index (χ0) is 10.8. The minimum atomic E-state index is 0.455. The van der Waals surface area contributed by atoms with E-state index in [1.165, 1.54) is 12.8 Å². The second kappa shape index (κ2) is 4.37. The highest BCUT2D eigenvalue weighted by Crippen LogP contribution is 2.28. The van der Waals surface area contributed by atoms with Gasteiger partial charge >= 0.3 is 0 Å². The number of amidine groups is 1. The van der Waals surface area contributed by atoms with Crippen molar-refractivity contribution in [1.29, 1.82) is 0 Å². The van der Waals surface area contributed by atoms with Crippen molar-refractivity contribution in [3.63, 3.8) is 0 Å². The first-order valence-electron chi connectivity index (χ1n) is 5.72. The lowest BCUT2D eigenvalue weighted by Crippen LogP contribution is -2.46. The topological polar surface area (TPSA) is 70.9 Å². The molecule has 0 aromatic heterocycles. The van der Waals surface area contributed by atoms with Crippen LogP contribution in [-0.2, 0) is 0 Å². The molecular weight excluding hydrogens is 190 g/mol. The molecule has 5 heteroatoms. The Balaban J connectivity index is 1.94. The lowest BCUT2D eigenvalue weighted by molar-refractivity contribution is 0.239. The first-order valence-corrected chi connectivity index (χ1v) is 5.72. The molecule has 0 amide bonds. The summed E-state index contributed by atoms with van der Waals surface area (Å²) in [5.41, 5.74) is 0. The Hall–Kier alpha value is -0.810. The van der Waals surface area contributed by atoms with Crippen LogP contribution in [0.5, 0.6) is 0 Å². The first-order chi connectivity index (χ1) is 7.22. The average Bonchev–Trinajstić information content (AvgIpc) is 3.05. The second-order valence-electron chi connectivity index (χ2n) is 4.70. The fraction of sp³-hybridized carbons (Fsp3) is 0.900. The van der Waals surface area contributed by atoms with E-state index in [-0.39, 0.29) is 0 Å². The van der Waals surface area contributed by atoms with E-state index in [4.69, 9.17) is 11.7 Å². The molecule has 0 aromatic rings. The summed E-state index contributed by atoms with van der Waals surface area (Å²) in [5, 5.41) is 5.70. The maximum atomic E-state index is 6.01. The standard InChI is InChI=1S/C10H21N5/c1-14-6-4-8(5-7-14)10(13-11)15(12)9-2-3-9/h8-9H,2-7,11-12H2,1H3/b13-10-. The number of nitrogens with zero attached hydrogens (tertiary/aromatic N) is 3. The zero-order valence-corrected chi connectivity index (χ0v) is 9.39. The molecule has 1 aliphatic carbocycles. The number of hydrazine groups is 1. The summed E-state index contributed by atoms with van der Waals surface area (Å²) in [4.78, 5) is 2.34. The molecule has 0 aromatic carbocycles. The van der Waals surface area contributed by atoms with Gasteiger partial charge in [0.2, 0.25) is 0 Å². The van der Waals surface area contributed by atoms with Crippen LogP contribution in [-0.4, -0.2) is 41.9 Å². The van der Waals surface area contributed by atoms with E-state index in [1.807, 2.05) is 0 Å². The van der Waals surface area contributed by atoms with Crippen molar-refractivity contribution in [2.45, 2.75) is 31.7 Å². The molecule has 86 valence electrons. The lowest BCUT2D eigenvalue weighted by atomic mass is 9.95. The fourth-order valence-electron chi connectivity index (χ4n) is 2.19. The van der Waals surface area contributed by atoms with Gasteiger partial charge in [-0.05, 0) is 45.8 Å². The molecule has 0 atom stereocenters. The molecule has 2 fully saturated rings. The SMILES string of the molecule is CN1CCC(/C(=N/N)N(N)C2CC2)CC1. The first kappa shape index (κ1) is 10.7. The predicted molar refractivity (Wildman–Crippen MR) is 60.9 cm³/mol. The Kier molecular flexibility index (Phi) is 3.11. The monoisotopic (exact) mass is 211 g/mol. The van der Waals surface area contributed by atoms with E-state index in [0.29, 0.717) is 12.0 Å². The second-order valence-corrected chi connectivity index (χ2v) is 4.70. The molecule has 4 N–H and O–H groups in total. The minimum absolute atomic E-state index is 0.455. The van der Waals surface area contributed by atoms with Crippen molar-refractivity contribution in [1.82, 2.24) is 9.91 Å². The van der Waals surface area contributed by atoms with Gasteiger partial charge in [-0.3, -0.25) is 5.01 Å². The molecule has 1 heterocycles. The van der Waals surface area contributed by atoms with Gasteiger partial charge in [0.15, 0.2) is 0 Å². The molecule has 0 spiro atoms. The quantitative estimate of drug-likeness (QED) is 0.290. The molecule has 2 aliphatic rings. The molecule has 1 saturated heterocycles. The van der Waals surface area contributed by atoms with E-state index in [9.17, 15) is 0 Å². The fourth-order valence-corrected chi connectivity index (χ4v) is 2.19. The molecule has 2 rings (SSSR count). The molecule has 1 saturated carbocycles. The van der Waals surface area contributed by atoms with Gasteiger partial charge in [0.25, 0.3) is 0 Å². The van der Waals surface area contributed by atoms with Crippen molar-refractivity contribution < 1.29 is 0 Å². The highest BCUT2D eigenvalue weighted by atomic mass is 15.5. The van der Waals surface area contributed by atoms with Crippen LogP contribution in [0.15, 0.2) is 5.10 Å². The van der Waals surface area contributed by atoms with Gasteiger partial charge in [-0.25, -0.2) is 5.84 Å². The Morgan fingerprint density at radius 1 is 1.27 bits per heavy atom. The third kappa shape index (κ3) is 2.41. The lowest BCUT2D eigenvalue weighted by Gasteiger charge is -2.32. The van der Waals surface area contributed by atoms with Crippen LogP contribution in [0.2, 0.25) is 0 Å². The number of hydrogen-bond acceptors (Lipinski definition) is 4. The Bertz CT molecular complexity index is 240. The van der Waals surface area contributed by atoms with Crippen LogP contribution in [0.3, 0.4) is 0 Å². The summed E-state index contributed by atoms with van der Waals surface area (Å²) in [7, 11) is 2.15. The molecule has 5 nitrogen and oxygen atoms in total. The van der Waals surface area contributed by atoms with E-state index in [1.54, 1.807) is 5.01 Å². The van der Waals surface area contributed by atoms with Crippen molar-refractivity contribution in [3.05, 3.63) is 0 Å². The third-order valence-corrected chi connectivity index (χ3v) is 3.42. The van der Waals surface area contributed by atoms with Crippen LogP contribution in [0.1, 0.15) is 25.7 Å². The van der Waals surface area contributed by atoms with Gasteiger partial charge in [0, 0.05) is 12.0 Å². The van der Waals surface area contributed by atoms with E-state index >= 15 is 0 Å². The molecule has 0 unspecified atom stereocenters. The van der Waals surface area contributed by atoms with Gasteiger partial charge in [0.05, 0.1) is 0 Å². The minimum Gasteiger partial charge on any atom is -0.322 e. The predicted octanol–water partition coefficient (Wildman–Crippen LogP) is -0.0615. The van der Waals surface area contributed by atoms with Gasteiger partial charge in [-0.1, -0.05) is 0 Å². The van der Waals surface area contributed by atoms with Crippen LogP contribution in [0.4, 0.5) is 0 Å². The van der Waals surface area contributed by atoms with E-state index in [2.05, 4.69) is 17.0 Å². The van der Waals surface area contributed by atoms with Gasteiger partial charge in [-0.2, -0.15) is 5.10 Å². The summed E-state index contributed by atoms with van der Waals surface area (Å²) in [6, 6.07) is 0.493. The van der Waals surface area contributed by atoms with E-state index in [0.717, 1.165) is 31.8 Å². The molecule has 15 heavy (non-hydrogen) atoms. The number of nitrogens with two attached hydrogens (primary N) is 2. The third-order valence-electron chi connectivity index (χ3n) is 3.42. The summed E-state index contributed by atoms with van der Waals surface area (Å²) in [6.07, 6.45) is 4.60. The van der Waals surface area contributed by atoms with Crippen molar-refractivity contribution in [3.8, 4) is 0 Å². The zero-order valence-electron chi connectivity index (χ0n) is 9.39. The summed E-state index contributed by atoms with van der Waals surface area (Å²) < 4.78 is 0. The number of likely N-dealkylation sites (tertiary alicyclic amines) is 1. The van der Waals surface area contributed by atoms with Crippen LogP contribution >= 0.6 is 0 Å². The van der Waals surface area contributed by atoms with Gasteiger partial charge in [0.1, 0.15) is 5.84 Å². The summed E-state index contributed by atoms with van der Waals surface area (Å²) in [6.45, 7) is 2.23. The Morgan fingerprint density at radius 3 is 2.33 bits per heavy atom. The smallest absolute Gasteiger partial charge is 0.141 e. The van der Waals surface area contributed by atoms with Crippen LogP contribution in [0.25, 0.3) is 0 Å². The molecule has 0 radical (unpaired) electrons. The van der Waals surface area contributed by atoms with E-state index < -0.39 is 0 Å². The number of hydrogen-bond donors (Lipinski definition) is 2. The van der Waals surface area contributed by atoms with Crippen molar-refractivity contribution in [2.24, 2.45) is 22.7 Å². The number of hydrazone groups is 1. The largest absolute Gasteiger partial charge is 0.322 e. The Labute approximate surface area is 91.0 Å². The highest BCUT2D eigenvalue weighted by molar-refractivity contribution is 5.84. The molecule has 0 bridgehead atoms. The van der Waals surface area contributed by atoms with Crippen molar-refractivity contribution in [2.75, 3.05) is 20.1 Å². The summed E-state index contributed by atoms with van der Waals surface area (Å²) >= 11 is 0. The average molecular weight is 211 g/mol. The molecular formula is C10H21N5. The maximum absolute atomic E-state index is 6.01. The number of piperidine rings is 1. The van der Waals surface area contributed by atoms with Crippen LogP contribution < -0.4 is 11.7 Å². The van der Waals surface area contributed by atoms with Gasteiger partial charge < -0.3 is 10.7 Å². The number of rotatable bonds is 2.